The Hall–Kier alpha value is -2.55. The number of hydrogen-bond acceptors (Lipinski definition) is 5. The number of benzene rings is 1. The van der Waals surface area contributed by atoms with Crippen molar-refractivity contribution < 1.29 is 19.1 Å². The maximum atomic E-state index is 13.4. The summed E-state index contributed by atoms with van der Waals surface area (Å²) in [7, 11) is 1.49. The van der Waals surface area contributed by atoms with Gasteiger partial charge < -0.3 is 10.0 Å². The van der Waals surface area contributed by atoms with Gasteiger partial charge >= 0.3 is 12.0 Å². The van der Waals surface area contributed by atoms with E-state index in [0.717, 1.165) is 16.9 Å². The molecule has 2 N–H and O–H groups in total. The number of halogens is 1. The van der Waals surface area contributed by atoms with E-state index in [-0.39, 0.29) is 17.5 Å². The highest BCUT2D eigenvalue weighted by Crippen LogP contribution is 2.29. The van der Waals surface area contributed by atoms with E-state index in [4.69, 9.17) is 5.11 Å². The van der Waals surface area contributed by atoms with E-state index in [1.807, 2.05) is 6.92 Å². The average Bonchev–Trinajstić information content (AvgIpc) is 2.97. The molecule has 1 aromatic heterocycles. The van der Waals surface area contributed by atoms with Crippen LogP contribution in [0.2, 0.25) is 0 Å². The molecule has 0 aliphatic heterocycles. The summed E-state index contributed by atoms with van der Waals surface area (Å²) in [5, 5.41) is 20.0. The first kappa shape index (κ1) is 17.8. The molecule has 1 aromatic carbocycles. The summed E-state index contributed by atoms with van der Waals surface area (Å²) >= 11 is 1.12. The molecule has 0 aliphatic carbocycles. The van der Waals surface area contributed by atoms with Crippen LogP contribution in [0.25, 0.3) is 10.6 Å². The van der Waals surface area contributed by atoms with Crippen LogP contribution in [-0.2, 0) is 4.79 Å². The fraction of sp³-hybridized carbons (Fsp3) is 0.333. The van der Waals surface area contributed by atoms with E-state index < -0.39 is 17.9 Å². The molecule has 2 aromatic rings. The molecular weight excluding hydrogens is 335 g/mol. The third-order valence-corrected chi connectivity index (χ3v) is 4.26. The van der Waals surface area contributed by atoms with Crippen molar-refractivity contribution in [2.75, 3.05) is 18.9 Å². The standard InChI is InChI=1S/C15H17FN4O3S/c1-8-4-5-10(16)6-11(8)12-18-19-14(24-12)17-15(23)20(3)7-9(2)13(21)22/h4-6,9H,7H2,1-3H3,(H,21,22)(H,17,19,23). The topological polar surface area (TPSA) is 95.4 Å². The van der Waals surface area contributed by atoms with E-state index >= 15 is 0 Å². The van der Waals surface area contributed by atoms with Crippen molar-refractivity contribution in [1.82, 2.24) is 15.1 Å². The van der Waals surface area contributed by atoms with Gasteiger partial charge in [-0.25, -0.2) is 9.18 Å². The highest BCUT2D eigenvalue weighted by atomic mass is 32.1. The Balaban J connectivity index is 2.07. The number of nitrogens with one attached hydrogen (secondary N) is 1. The molecule has 0 aliphatic rings. The van der Waals surface area contributed by atoms with Crippen molar-refractivity contribution in [2.45, 2.75) is 13.8 Å². The Morgan fingerprint density at radius 1 is 1.42 bits per heavy atom. The molecular formula is C15H17FN4O3S. The van der Waals surface area contributed by atoms with Gasteiger partial charge in [-0.15, -0.1) is 10.2 Å². The van der Waals surface area contributed by atoms with Crippen LogP contribution in [0.3, 0.4) is 0 Å². The number of rotatable bonds is 5. The summed E-state index contributed by atoms with van der Waals surface area (Å²) in [6.45, 7) is 3.41. The van der Waals surface area contributed by atoms with Gasteiger partial charge in [-0.05, 0) is 24.6 Å². The van der Waals surface area contributed by atoms with Crippen molar-refractivity contribution in [1.29, 1.82) is 0 Å². The van der Waals surface area contributed by atoms with Gasteiger partial charge in [0, 0.05) is 19.2 Å². The molecule has 2 amide bonds. The van der Waals surface area contributed by atoms with Gasteiger partial charge in [-0.2, -0.15) is 0 Å². The second kappa shape index (κ2) is 7.35. The molecule has 1 atom stereocenters. The van der Waals surface area contributed by atoms with Crippen LogP contribution in [0.15, 0.2) is 18.2 Å². The van der Waals surface area contributed by atoms with Gasteiger partial charge in [-0.3, -0.25) is 10.1 Å². The molecule has 2 rings (SSSR count). The lowest BCUT2D eigenvalue weighted by atomic mass is 10.1. The van der Waals surface area contributed by atoms with Crippen molar-refractivity contribution in [3.05, 3.63) is 29.6 Å². The van der Waals surface area contributed by atoms with Gasteiger partial charge in [0.05, 0.1) is 5.92 Å². The van der Waals surface area contributed by atoms with Crippen molar-refractivity contribution in [3.63, 3.8) is 0 Å². The first-order chi connectivity index (χ1) is 11.3. The van der Waals surface area contributed by atoms with E-state index in [0.29, 0.717) is 10.6 Å². The monoisotopic (exact) mass is 352 g/mol. The quantitative estimate of drug-likeness (QED) is 0.863. The highest BCUT2D eigenvalue weighted by molar-refractivity contribution is 7.18. The number of carbonyl (C=O) groups excluding carboxylic acids is 1. The van der Waals surface area contributed by atoms with E-state index in [1.54, 1.807) is 6.07 Å². The number of carbonyl (C=O) groups is 2. The second-order valence-corrected chi connectivity index (χ2v) is 6.40. The zero-order valence-electron chi connectivity index (χ0n) is 13.4. The maximum absolute atomic E-state index is 13.4. The van der Waals surface area contributed by atoms with Gasteiger partial charge in [0.15, 0.2) is 0 Å². The minimum absolute atomic E-state index is 0.0653. The zero-order chi connectivity index (χ0) is 17.9. The molecule has 7 nitrogen and oxygen atoms in total. The number of aliphatic carboxylic acids is 1. The predicted molar refractivity (Wildman–Crippen MR) is 88.5 cm³/mol. The lowest BCUT2D eigenvalue weighted by Gasteiger charge is -2.18. The Kier molecular flexibility index (Phi) is 5.45. The molecule has 0 bridgehead atoms. The van der Waals surface area contributed by atoms with Crippen LogP contribution in [0.4, 0.5) is 14.3 Å². The Morgan fingerprint density at radius 3 is 2.79 bits per heavy atom. The number of hydrogen-bond donors (Lipinski definition) is 2. The summed E-state index contributed by atoms with van der Waals surface area (Å²) in [6.07, 6.45) is 0. The molecule has 0 saturated carbocycles. The third kappa shape index (κ3) is 4.25. The summed E-state index contributed by atoms with van der Waals surface area (Å²) in [5.41, 5.74) is 1.46. The predicted octanol–water partition coefficient (Wildman–Crippen LogP) is 2.84. The lowest BCUT2D eigenvalue weighted by Crippen LogP contribution is -2.36. The van der Waals surface area contributed by atoms with Gasteiger partial charge in [0.25, 0.3) is 0 Å². The fourth-order valence-corrected chi connectivity index (χ4v) is 2.78. The van der Waals surface area contributed by atoms with Crippen LogP contribution in [0.1, 0.15) is 12.5 Å². The summed E-state index contributed by atoms with van der Waals surface area (Å²) in [4.78, 5) is 24.1. The van der Waals surface area contributed by atoms with E-state index in [1.165, 1.54) is 31.0 Å². The number of aromatic nitrogens is 2. The summed E-state index contributed by atoms with van der Waals surface area (Å²) in [5.74, 6) is -2.03. The minimum atomic E-state index is -0.977. The van der Waals surface area contributed by atoms with Crippen LogP contribution in [-0.4, -0.2) is 45.8 Å². The average molecular weight is 352 g/mol. The number of urea groups is 1. The minimum Gasteiger partial charge on any atom is -0.481 e. The second-order valence-electron chi connectivity index (χ2n) is 5.42. The SMILES string of the molecule is Cc1ccc(F)cc1-c1nnc(NC(=O)N(C)CC(C)C(=O)O)s1. The van der Waals surface area contributed by atoms with Gasteiger partial charge in [0.1, 0.15) is 10.8 Å². The van der Waals surface area contributed by atoms with Crippen LogP contribution < -0.4 is 5.32 Å². The number of carboxylic acid groups (broad SMARTS) is 1. The molecule has 9 heteroatoms. The van der Waals surface area contributed by atoms with Crippen LogP contribution in [0, 0.1) is 18.7 Å². The van der Waals surface area contributed by atoms with E-state index in [9.17, 15) is 14.0 Å². The Bertz CT molecular complexity index is 765. The van der Waals surface area contributed by atoms with Crippen molar-refractivity contribution in [2.24, 2.45) is 5.92 Å². The molecule has 24 heavy (non-hydrogen) atoms. The van der Waals surface area contributed by atoms with E-state index in [2.05, 4.69) is 15.5 Å². The van der Waals surface area contributed by atoms with Gasteiger partial charge in [0.2, 0.25) is 5.13 Å². The largest absolute Gasteiger partial charge is 0.481 e. The molecule has 0 saturated heterocycles. The van der Waals surface area contributed by atoms with Crippen molar-refractivity contribution >= 4 is 28.5 Å². The number of amides is 2. The van der Waals surface area contributed by atoms with Crippen LogP contribution in [0.5, 0.6) is 0 Å². The Labute approximate surface area is 142 Å². The molecule has 128 valence electrons. The smallest absolute Gasteiger partial charge is 0.323 e. The number of aryl methyl sites for hydroxylation is 1. The Morgan fingerprint density at radius 2 is 2.12 bits per heavy atom. The summed E-state index contributed by atoms with van der Waals surface area (Å²) < 4.78 is 13.4. The highest BCUT2D eigenvalue weighted by Gasteiger charge is 2.19. The molecule has 1 heterocycles. The first-order valence-corrected chi connectivity index (χ1v) is 7.94. The summed E-state index contributed by atoms with van der Waals surface area (Å²) in [6, 6.07) is 3.89. The first-order valence-electron chi connectivity index (χ1n) is 7.13. The maximum Gasteiger partial charge on any atom is 0.323 e. The normalized spacial score (nSPS) is 11.8. The van der Waals surface area contributed by atoms with Crippen molar-refractivity contribution in [3.8, 4) is 10.6 Å². The third-order valence-electron chi connectivity index (χ3n) is 3.38. The number of anilines is 1. The number of nitrogens with zero attached hydrogens (tertiary/aromatic N) is 3. The lowest BCUT2D eigenvalue weighted by molar-refractivity contribution is -0.141. The fourth-order valence-electron chi connectivity index (χ4n) is 1.97. The van der Waals surface area contributed by atoms with Gasteiger partial charge in [-0.1, -0.05) is 24.3 Å². The molecule has 0 fully saturated rings. The van der Waals surface area contributed by atoms with Crippen LogP contribution >= 0.6 is 11.3 Å². The molecule has 0 spiro atoms. The zero-order valence-corrected chi connectivity index (χ0v) is 14.2. The molecule has 1 unspecified atom stereocenters. The number of carboxylic acids is 1. The molecule has 0 radical (unpaired) electrons.